The highest BCUT2D eigenvalue weighted by atomic mass is 16.1. The van der Waals surface area contributed by atoms with Crippen LogP contribution in [-0.2, 0) is 13.1 Å². The number of nitrogens with two attached hydrogens (primary N) is 1. The molecule has 178 valence electrons. The Hall–Kier alpha value is -3.53. The number of H-pyrrole nitrogens is 1. The molecule has 1 unspecified atom stereocenters. The molecule has 0 radical (unpaired) electrons. The molecule has 34 heavy (non-hydrogen) atoms. The zero-order chi connectivity index (χ0) is 23.8. The number of likely N-dealkylation sites (N-methyl/N-ethyl adjacent to an activating group) is 1. The minimum atomic E-state index is -0.483. The Labute approximate surface area is 198 Å². The van der Waals surface area contributed by atoms with Crippen molar-refractivity contribution in [3.63, 3.8) is 0 Å². The van der Waals surface area contributed by atoms with E-state index < -0.39 is 5.91 Å². The fourth-order valence-electron chi connectivity index (χ4n) is 5.02. The van der Waals surface area contributed by atoms with Gasteiger partial charge in [-0.3, -0.25) is 19.1 Å². The van der Waals surface area contributed by atoms with Crippen molar-refractivity contribution in [1.82, 2.24) is 39.6 Å². The Bertz CT molecular complexity index is 1330. The molecule has 4 aromatic rings. The number of piperidine rings is 1. The zero-order valence-electron chi connectivity index (χ0n) is 20.0. The van der Waals surface area contributed by atoms with E-state index in [4.69, 9.17) is 10.8 Å². The van der Waals surface area contributed by atoms with Gasteiger partial charge in [-0.05, 0) is 58.0 Å². The summed E-state index contributed by atoms with van der Waals surface area (Å²) in [5.41, 5.74) is 9.54. The topological polar surface area (TPSA) is 124 Å². The van der Waals surface area contributed by atoms with Gasteiger partial charge in [-0.1, -0.05) is 13.3 Å². The van der Waals surface area contributed by atoms with Gasteiger partial charge in [0.25, 0.3) is 0 Å². The number of likely N-dealkylation sites (tertiary alicyclic amines) is 1. The second-order valence-electron chi connectivity index (χ2n) is 8.93. The fraction of sp³-hybridized carbons (Fsp3) is 0.458. The molecule has 10 nitrogen and oxygen atoms in total. The van der Waals surface area contributed by atoms with Crippen molar-refractivity contribution in [3.8, 4) is 22.9 Å². The van der Waals surface area contributed by atoms with E-state index in [1.54, 1.807) is 6.07 Å². The van der Waals surface area contributed by atoms with Gasteiger partial charge in [0.1, 0.15) is 5.69 Å². The first-order valence-electron chi connectivity index (χ1n) is 12.0. The summed E-state index contributed by atoms with van der Waals surface area (Å²) in [6.45, 7) is 9.83. The first-order chi connectivity index (χ1) is 16.5. The first-order valence-corrected chi connectivity index (χ1v) is 12.0. The Morgan fingerprint density at radius 1 is 1.12 bits per heavy atom. The number of primary amides is 1. The third kappa shape index (κ3) is 3.98. The number of nitrogens with zero attached hydrogens (tertiary/aromatic N) is 7. The Balaban J connectivity index is 1.57. The van der Waals surface area contributed by atoms with Gasteiger partial charge in [0.15, 0.2) is 11.6 Å². The molecule has 1 amide bonds. The smallest absolute Gasteiger partial charge is 0.248 e. The second-order valence-corrected chi connectivity index (χ2v) is 8.93. The molecular weight excluding hydrogens is 430 g/mol. The van der Waals surface area contributed by atoms with E-state index >= 15 is 0 Å². The van der Waals surface area contributed by atoms with Gasteiger partial charge >= 0.3 is 0 Å². The van der Waals surface area contributed by atoms with E-state index in [0.717, 1.165) is 60.5 Å². The fourth-order valence-corrected chi connectivity index (χ4v) is 5.02. The maximum absolute atomic E-state index is 12.2. The molecule has 3 N–H and O–H groups in total. The summed E-state index contributed by atoms with van der Waals surface area (Å²) in [5.74, 6) is 0.712. The van der Waals surface area contributed by atoms with Gasteiger partial charge in [-0.2, -0.15) is 10.2 Å². The Morgan fingerprint density at radius 2 is 1.94 bits per heavy atom. The number of benzene rings is 1. The van der Waals surface area contributed by atoms with E-state index in [0.29, 0.717) is 23.3 Å². The van der Waals surface area contributed by atoms with Gasteiger partial charge in [-0.15, -0.1) is 10.2 Å². The highest BCUT2D eigenvalue weighted by Gasteiger charge is 2.24. The summed E-state index contributed by atoms with van der Waals surface area (Å²) in [4.78, 5) is 18.0. The van der Waals surface area contributed by atoms with Gasteiger partial charge in [0.05, 0.1) is 24.0 Å². The molecule has 0 saturated carbocycles. The molecule has 4 heterocycles. The van der Waals surface area contributed by atoms with E-state index in [1.807, 2.05) is 41.5 Å². The summed E-state index contributed by atoms with van der Waals surface area (Å²) >= 11 is 0. The molecular formula is C24H31N9O. The van der Waals surface area contributed by atoms with Crippen molar-refractivity contribution in [2.75, 3.05) is 13.1 Å². The largest absolute Gasteiger partial charge is 0.366 e. The predicted octanol–water partition coefficient (Wildman–Crippen LogP) is 2.99. The minimum absolute atomic E-state index is 0.424. The zero-order valence-corrected chi connectivity index (χ0v) is 20.0. The van der Waals surface area contributed by atoms with Gasteiger partial charge in [0, 0.05) is 29.1 Å². The lowest BCUT2D eigenvalue weighted by Gasteiger charge is -2.34. The molecule has 1 fully saturated rings. The number of carbonyl (C=O) groups excluding carboxylic acids is 1. The molecule has 1 saturated heterocycles. The third-order valence-corrected chi connectivity index (χ3v) is 6.77. The van der Waals surface area contributed by atoms with Crippen LogP contribution in [0.5, 0.6) is 0 Å². The van der Waals surface area contributed by atoms with Gasteiger partial charge in [-0.25, -0.2) is 0 Å². The number of fused-ring (bicyclic) bond motifs is 1. The molecule has 1 atom stereocenters. The number of carbonyl (C=O) groups is 1. The lowest BCUT2D eigenvalue weighted by molar-refractivity contribution is 0.100. The van der Waals surface area contributed by atoms with Crippen molar-refractivity contribution in [1.29, 1.82) is 0 Å². The first kappa shape index (κ1) is 22.3. The van der Waals surface area contributed by atoms with Crippen LogP contribution in [0.4, 0.5) is 0 Å². The van der Waals surface area contributed by atoms with E-state index in [2.05, 4.69) is 32.1 Å². The van der Waals surface area contributed by atoms with Crippen molar-refractivity contribution in [2.45, 2.75) is 59.2 Å². The highest BCUT2D eigenvalue weighted by Crippen LogP contribution is 2.30. The number of nitrogens with one attached hydrogen (secondary N) is 1. The summed E-state index contributed by atoms with van der Waals surface area (Å²) in [6.07, 6.45) is 5.46. The maximum Gasteiger partial charge on any atom is 0.248 e. The molecule has 1 aromatic carbocycles. The molecule has 5 rings (SSSR count). The van der Waals surface area contributed by atoms with Crippen molar-refractivity contribution in [2.24, 2.45) is 5.73 Å². The Kier molecular flexibility index (Phi) is 5.91. The van der Waals surface area contributed by atoms with Crippen LogP contribution in [0, 0.1) is 6.92 Å². The number of aromatic amines is 1. The van der Waals surface area contributed by atoms with E-state index in [-0.39, 0.29) is 0 Å². The van der Waals surface area contributed by atoms with Crippen molar-refractivity contribution >= 4 is 16.8 Å². The van der Waals surface area contributed by atoms with Gasteiger partial charge < -0.3 is 10.7 Å². The number of rotatable bonds is 7. The average Bonchev–Trinajstić information content (AvgIpc) is 3.57. The monoisotopic (exact) mass is 461 g/mol. The van der Waals surface area contributed by atoms with Crippen LogP contribution in [0.2, 0.25) is 0 Å². The van der Waals surface area contributed by atoms with Gasteiger partial charge in [0.2, 0.25) is 5.91 Å². The lowest BCUT2D eigenvalue weighted by Crippen LogP contribution is -2.42. The number of hydrogen-bond acceptors (Lipinski definition) is 6. The van der Waals surface area contributed by atoms with Crippen molar-refractivity contribution < 1.29 is 4.79 Å². The molecule has 3 aromatic heterocycles. The highest BCUT2D eigenvalue weighted by molar-refractivity contribution is 6.02. The third-order valence-electron chi connectivity index (χ3n) is 6.77. The summed E-state index contributed by atoms with van der Waals surface area (Å²) in [7, 11) is 0. The summed E-state index contributed by atoms with van der Waals surface area (Å²) < 4.78 is 3.88. The molecule has 10 heteroatoms. The molecule has 0 bridgehead atoms. The predicted molar refractivity (Wildman–Crippen MR) is 130 cm³/mol. The Morgan fingerprint density at radius 3 is 2.71 bits per heavy atom. The minimum Gasteiger partial charge on any atom is -0.366 e. The number of aryl methyl sites for hydroxylation is 2. The van der Waals surface area contributed by atoms with Crippen LogP contribution in [0.1, 0.15) is 49.2 Å². The normalized spacial score (nSPS) is 17.0. The van der Waals surface area contributed by atoms with E-state index in [1.165, 1.54) is 12.8 Å². The standard InChI is InChI=1S/C24H31N9O/c1-4-31-9-7-6-8-17(31)14-33-20-12-16(22(25)34)11-18(19(20)13-26-33)23-27-24(29-28-23)21-10-15(3)30-32(21)5-2/h10-13,17H,4-9,14H2,1-3H3,(H2,25,34)(H,27,28,29). The maximum atomic E-state index is 12.2. The molecule has 1 aliphatic heterocycles. The quantitative estimate of drug-likeness (QED) is 0.436. The average molecular weight is 462 g/mol. The van der Waals surface area contributed by atoms with Crippen LogP contribution in [0.25, 0.3) is 33.8 Å². The summed E-state index contributed by atoms with van der Waals surface area (Å²) in [5, 5.41) is 18.9. The number of aromatic nitrogens is 7. The van der Waals surface area contributed by atoms with Crippen LogP contribution in [0.15, 0.2) is 24.4 Å². The summed E-state index contributed by atoms with van der Waals surface area (Å²) in [6, 6.07) is 6.00. The lowest BCUT2D eigenvalue weighted by atomic mass is 10.0. The molecule has 1 aliphatic rings. The SMILES string of the molecule is CCN1CCCCC1Cn1ncc2c(-c3nnc(-c4cc(C)nn4CC)[nH]3)cc(C(N)=O)cc21. The molecule has 0 spiro atoms. The number of hydrogen-bond donors (Lipinski definition) is 2. The van der Waals surface area contributed by atoms with E-state index in [9.17, 15) is 4.79 Å². The van der Waals surface area contributed by atoms with Crippen LogP contribution in [0.3, 0.4) is 0 Å². The van der Waals surface area contributed by atoms with Crippen molar-refractivity contribution in [3.05, 3.63) is 35.7 Å². The van der Waals surface area contributed by atoms with Crippen LogP contribution >= 0.6 is 0 Å². The van der Waals surface area contributed by atoms with Crippen LogP contribution in [-0.4, -0.2) is 64.7 Å². The van der Waals surface area contributed by atoms with Crippen LogP contribution < -0.4 is 5.73 Å². The molecule has 0 aliphatic carbocycles. The number of amides is 1. The second kappa shape index (κ2) is 9.02.